The summed E-state index contributed by atoms with van der Waals surface area (Å²) >= 11 is 1.15. The molecule has 0 atom stereocenters. The second kappa shape index (κ2) is 7.84. The molecule has 2 heterocycles. The van der Waals surface area contributed by atoms with Crippen LogP contribution in [-0.4, -0.2) is 48.3 Å². The molecule has 0 saturated heterocycles. The number of ether oxygens (including phenoxy) is 1. The molecule has 29 heavy (non-hydrogen) atoms. The Morgan fingerprint density at radius 2 is 1.66 bits per heavy atom. The van der Waals surface area contributed by atoms with E-state index in [1.165, 1.54) is 12.1 Å². The summed E-state index contributed by atoms with van der Waals surface area (Å²) in [5.74, 6) is -2.48. The standard InChI is InChI=1S/C19H17N3O6S/c1-9-10(2)29-16(14(9)15(24)21-19(27)28-3)20-13(23)8-22-17(25)11-6-4-5-7-12(11)18(22)26/h4-7H,8H2,1-3H3,(H,20,23)(H,21,24,27). The Balaban J connectivity index is 1.78. The van der Waals surface area contributed by atoms with Gasteiger partial charge in [0.2, 0.25) is 5.91 Å². The number of thiophene rings is 1. The number of aryl methyl sites for hydroxylation is 1. The Morgan fingerprint density at radius 3 is 2.21 bits per heavy atom. The minimum absolute atomic E-state index is 0.119. The van der Waals surface area contributed by atoms with Crippen molar-refractivity contribution in [3.05, 3.63) is 51.4 Å². The van der Waals surface area contributed by atoms with Crippen LogP contribution in [0.2, 0.25) is 0 Å². The van der Waals surface area contributed by atoms with Crippen molar-refractivity contribution >= 4 is 46.1 Å². The van der Waals surface area contributed by atoms with E-state index in [4.69, 9.17) is 0 Å². The maximum absolute atomic E-state index is 12.5. The number of hydrogen-bond donors (Lipinski definition) is 2. The molecule has 0 fully saturated rings. The van der Waals surface area contributed by atoms with Gasteiger partial charge in [0.05, 0.1) is 23.8 Å². The van der Waals surface area contributed by atoms with Gasteiger partial charge in [0, 0.05) is 4.88 Å². The van der Waals surface area contributed by atoms with Gasteiger partial charge in [0.25, 0.3) is 17.7 Å². The van der Waals surface area contributed by atoms with Crippen molar-refractivity contribution in [3.63, 3.8) is 0 Å². The summed E-state index contributed by atoms with van der Waals surface area (Å²) in [6, 6.07) is 6.32. The Morgan fingerprint density at radius 1 is 1.07 bits per heavy atom. The van der Waals surface area contributed by atoms with Crippen LogP contribution < -0.4 is 10.6 Å². The van der Waals surface area contributed by atoms with Crippen molar-refractivity contribution < 1.29 is 28.7 Å². The summed E-state index contributed by atoms with van der Waals surface area (Å²) in [4.78, 5) is 62.6. The first-order valence-electron chi connectivity index (χ1n) is 8.49. The molecule has 5 amide bonds. The molecule has 0 spiro atoms. The van der Waals surface area contributed by atoms with E-state index in [0.717, 1.165) is 28.2 Å². The molecule has 10 heteroatoms. The van der Waals surface area contributed by atoms with Crippen molar-refractivity contribution in [2.24, 2.45) is 0 Å². The molecule has 1 aliphatic rings. The third-order valence-electron chi connectivity index (χ3n) is 4.45. The number of carbonyl (C=O) groups excluding carboxylic acids is 5. The highest BCUT2D eigenvalue weighted by Gasteiger charge is 2.36. The summed E-state index contributed by atoms with van der Waals surface area (Å²) in [5.41, 5.74) is 1.19. The number of rotatable bonds is 4. The van der Waals surface area contributed by atoms with E-state index in [1.807, 2.05) is 5.32 Å². The lowest BCUT2D eigenvalue weighted by Crippen LogP contribution is -2.37. The van der Waals surface area contributed by atoms with E-state index < -0.39 is 36.3 Å². The predicted molar refractivity (Wildman–Crippen MR) is 104 cm³/mol. The number of amides is 5. The summed E-state index contributed by atoms with van der Waals surface area (Å²) in [6.45, 7) is 2.94. The maximum Gasteiger partial charge on any atom is 0.413 e. The quantitative estimate of drug-likeness (QED) is 0.738. The van der Waals surface area contributed by atoms with Gasteiger partial charge in [-0.15, -0.1) is 11.3 Å². The van der Waals surface area contributed by atoms with Gasteiger partial charge >= 0.3 is 6.09 Å². The highest BCUT2D eigenvalue weighted by molar-refractivity contribution is 7.16. The molecule has 0 saturated carbocycles. The Labute approximate surface area is 169 Å². The number of carbonyl (C=O) groups is 5. The van der Waals surface area contributed by atoms with Gasteiger partial charge in [0.15, 0.2) is 0 Å². The highest BCUT2D eigenvalue weighted by Crippen LogP contribution is 2.32. The number of benzene rings is 1. The van der Waals surface area contributed by atoms with Crippen LogP contribution in [-0.2, 0) is 9.53 Å². The number of nitrogens with zero attached hydrogens (tertiary/aromatic N) is 1. The molecule has 150 valence electrons. The zero-order valence-corrected chi connectivity index (χ0v) is 16.6. The second-order valence-corrected chi connectivity index (χ2v) is 7.45. The normalized spacial score (nSPS) is 12.6. The lowest BCUT2D eigenvalue weighted by Gasteiger charge is -2.13. The average Bonchev–Trinajstić information content (AvgIpc) is 3.10. The molecule has 0 bridgehead atoms. The average molecular weight is 415 g/mol. The molecule has 3 rings (SSSR count). The number of nitrogens with one attached hydrogen (secondary N) is 2. The minimum atomic E-state index is -0.929. The fourth-order valence-corrected chi connectivity index (χ4v) is 3.96. The van der Waals surface area contributed by atoms with Crippen molar-refractivity contribution in [2.75, 3.05) is 19.0 Å². The summed E-state index contributed by atoms with van der Waals surface area (Å²) < 4.78 is 4.42. The maximum atomic E-state index is 12.5. The van der Waals surface area contributed by atoms with Crippen molar-refractivity contribution in [2.45, 2.75) is 13.8 Å². The third kappa shape index (κ3) is 3.74. The fourth-order valence-electron chi connectivity index (χ4n) is 2.89. The summed E-state index contributed by atoms with van der Waals surface area (Å²) in [7, 11) is 1.12. The highest BCUT2D eigenvalue weighted by atomic mass is 32.1. The van der Waals surface area contributed by atoms with E-state index in [2.05, 4.69) is 10.1 Å². The van der Waals surface area contributed by atoms with E-state index in [0.29, 0.717) is 5.56 Å². The number of alkyl carbamates (subject to hydrolysis) is 1. The molecule has 0 unspecified atom stereocenters. The molecular weight excluding hydrogens is 398 g/mol. The van der Waals surface area contributed by atoms with Crippen LogP contribution in [0.3, 0.4) is 0 Å². The van der Waals surface area contributed by atoms with Gasteiger partial charge in [-0.25, -0.2) is 4.79 Å². The molecule has 2 N–H and O–H groups in total. The molecular formula is C19H17N3O6S. The van der Waals surface area contributed by atoms with Crippen LogP contribution in [0.5, 0.6) is 0 Å². The number of anilines is 1. The first-order chi connectivity index (χ1) is 13.7. The van der Waals surface area contributed by atoms with Gasteiger partial charge in [0.1, 0.15) is 11.5 Å². The smallest absolute Gasteiger partial charge is 0.413 e. The Bertz CT molecular complexity index is 1020. The largest absolute Gasteiger partial charge is 0.453 e. The van der Waals surface area contributed by atoms with Crippen molar-refractivity contribution in [1.29, 1.82) is 0 Å². The molecule has 1 aromatic carbocycles. The number of methoxy groups -OCH3 is 1. The van der Waals surface area contributed by atoms with Crippen LogP contribution in [0.4, 0.5) is 9.80 Å². The zero-order valence-electron chi connectivity index (χ0n) is 15.8. The Kier molecular flexibility index (Phi) is 5.46. The van der Waals surface area contributed by atoms with Gasteiger partial charge in [-0.1, -0.05) is 12.1 Å². The summed E-state index contributed by atoms with van der Waals surface area (Å²) in [5, 5.41) is 4.82. The zero-order chi connectivity index (χ0) is 21.3. The molecule has 1 aromatic heterocycles. The SMILES string of the molecule is COC(=O)NC(=O)c1c(NC(=O)CN2C(=O)c3ccccc3C2=O)sc(C)c1C. The predicted octanol–water partition coefficient (Wildman–Crippen LogP) is 2.10. The molecule has 0 radical (unpaired) electrons. The molecule has 0 aliphatic carbocycles. The van der Waals surface area contributed by atoms with Crippen LogP contribution in [0, 0.1) is 13.8 Å². The summed E-state index contributed by atoms with van der Waals surface area (Å²) in [6.07, 6.45) is -0.929. The lowest BCUT2D eigenvalue weighted by molar-refractivity contribution is -0.116. The first kappa shape index (κ1) is 20.2. The number of hydrogen-bond acceptors (Lipinski definition) is 7. The van der Waals surface area contributed by atoms with Crippen molar-refractivity contribution in [1.82, 2.24) is 10.2 Å². The van der Waals surface area contributed by atoms with Crippen LogP contribution >= 0.6 is 11.3 Å². The second-order valence-electron chi connectivity index (χ2n) is 6.22. The van der Waals surface area contributed by atoms with Crippen LogP contribution in [0.1, 0.15) is 41.5 Å². The molecule has 9 nitrogen and oxygen atoms in total. The van der Waals surface area contributed by atoms with E-state index in [-0.39, 0.29) is 21.7 Å². The van der Waals surface area contributed by atoms with Gasteiger partial charge in [-0.05, 0) is 31.5 Å². The topological polar surface area (TPSA) is 122 Å². The van der Waals surface area contributed by atoms with E-state index >= 15 is 0 Å². The number of imide groups is 2. The fraction of sp³-hybridized carbons (Fsp3) is 0.211. The van der Waals surface area contributed by atoms with E-state index in [1.54, 1.807) is 26.0 Å². The van der Waals surface area contributed by atoms with Gasteiger partial charge in [-0.3, -0.25) is 29.4 Å². The monoisotopic (exact) mass is 415 g/mol. The van der Waals surface area contributed by atoms with E-state index in [9.17, 15) is 24.0 Å². The minimum Gasteiger partial charge on any atom is -0.453 e. The number of fused-ring (bicyclic) bond motifs is 1. The Hall–Kier alpha value is -3.53. The van der Waals surface area contributed by atoms with Gasteiger partial charge < -0.3 is 10.1 Å². The van der Waals surface area contributed by atoms with Crippen molar-refractivity contribution in [3.8, 4) is 0 Å². The van der Waals surface area contributed by atoms with Crippen LogP contribution in [0.15, 0.2) is 24.3 Å². The third-order valence-corrected chi connectivity index (χ3v) is 5.57. The molecule has 2 aromatic rings. The lowest BCUT2D eigenvalue weighted by atomic mass is 10.1. The first-order valence-corrected chi connectivity index (χ1v) is 9.30. The molecule has 1 aliphatic heterocycles. The van der Waals surface area contributed by atoms with Crippen LogP contribution in [0.25, 0.3) is 0 Å². The van der Waals surface area contributed by atoms with Gasteiger partial charge in [-0.2, -0.15) is 0 Å².